The van der Waals surface area contributed by atoms with Crippen LogP contribution >= 0.6 is 0 Å². The predicted molar refractivity (Wildman–Crippen MR) is 355 cm³/mol. The molecule has 0 aliphatic rings. The Bertz CT molecular complexity index is 2090. The first-order valence-electron chi connectivity index (χ1n) is 34.3. The third-order valence-electron chi connectivity index (χ3n) is 16.3. The number of ether oxygens (including phenoxy) is 3. The minimum atomic E-state index is -0.912. The van der Waals surface area contributed by atoms with E-state index >= 15 is 0 Å². The molecule has 0 saturated heterocycles. The highest BCUT2D eigenvalue weighted by molar-refractivity contribution is 5.87. The molecule has 12 heteroatoms. The van der Waals surface area contributed by atoms with Crippen molar-refractivity contribution in [1.82, 2.24) is 0 Å². The molecule has 0 fully saturated rings. The number of hydrogen-bond donors (Lipinski definition) is 0. The van der Waals surface area contributed by atoms with Gasteiger partial charge in [-0.2, -0.15) is 0 Å². The van der Waals surface area contributed by atoms with Crippen LogP contribution in [-0.4, -0.2) is 71.9 Å². The van der Waals surface area contributed by atoms with Crippen molar-refractivity contribution in [3.05, 3.63) is 72.9 Å². The number of ketones is 6. The van der Waals surface area contributed by atoms with E-state index in [4.69, 9.17) is 14.2 Å². The SMILES string of the molecule is CCCCCCCCC(/C=C/CCCCCCC(=O)OC(COC(=O)CCCCCCC/C=C\C=C\C(CCCCC)C(CC(C)=O)C(C)=O)COC(=O)CCCCCCC/C=C\C/C=C\C=C\C(CC)C(CC(C)=O)C(C)=O)C(CC(C)=O)C(C)=O. The topological polar surface area (TPSA) is 181 Å². The Hall–Kier alpha value is -5.13. The lowest BCUT2D eigenvalue weighted by atomic mass is 9.81. The maximum absolute atomic E-state index is 13.1. The fourth-order valence-corrected chi connectivity index (χ4v) is 11.1. The van der Waals surface area contributed by atoms with Gasteiger partial charge < -0.3 is 28.6 Å². The fourth-order valence-electron chi connectivity index (χ4n) is 11.1. The van der Waals surface area contributed by atoms with Crippen molar-refractivity contribution < 1.29 is 57.4 Å². The van der Waals surface area contributed by atoms with Gasteiger partial charge in [0.15, 0.2) is 6.10 Å². The Morgan fingerprint density at radius 3 is 1.18 bits per heavy atom. The maximum Gasteiger partial charge on any atom is 0.306 e. The van der Waals surface area contributed by atoms with Gasteiger partial charge >= 0.3 is 17.9 Å². The summed E-state index contributed by atoms with van der Waals surface area (Å²) in [6.45, 7) is 15.4. The second-order valence-electron chi connectivity index (χ2n) is 24.6. The lowest BCUT2D eigenvalue weighted by Crippen LogP contribution is -2.30. The molecule has 0 saturated carbocycles. The summed E-state index contributed by atoms with van der Waals surface area (Å²) in [6, 6.07) is 0. The lowest BCUT2D eigenvalue weighted by Gasteiger charge is -2.22. The van der Waals surface area contributed by atoms with E-state index in [1.165, 1.54) is 32.6 Å². The van der Waals surface area contributed by atoms with Crippen molar-refractivity contribution in [1.29, 1.82) is 0 Å². The molecule has 0 radical (unpaired) electrons. The second-order valence-corrected chi connectivity index (χ2v) is 24.6. The van der Waals surface area contributed by atoms with Crippen LogP contribution in [0.5, 0.6) is 0 Å². The Labute approximate surface area is 528 Å². The van der Waals surface area contributed by atoms with E-state index in [2.05, 4.69) is 56.4 Å². The Kier molecular flexibility index (Phi) is 52.8. The van der Waals surface area contributed by atoms with Crippen LogP contribution in [0.25, 0.3) is 0 Å². The van der Waals surface area contributed by atoms with Gasteiger partial charge in [0.1, 0.15) is 47.9 Å². The first-order chi connectivity index (χ1) is 41.9. The minimum Gasteiger partial charge on any atom is -0.462 e. The van der Waals surface area contributed by atoms with Crippen molar-refractivity contribution in [2.24, 2.45) is 35.5 Å². The van der Waals surface area contributed by atoms with Crippen molar-refractivity contribution in [2.75, 3.05) is 13.2 Å². The molecule has 0 rings (SSSR count). The molecule has 0 aliphatic carbocycles. The lowest BCUT2D eigenvalue weighted by molar-refractivity contribution is -0.167. The molecule has 7 unspecified atom stereocenters. The smallest absolute Gasteiger partial charge is 0.306 e. The zero-order valence-electron chi connectivity index (χ0n) is 56.2. The van der Waals surface area contributed by atoms with Crippen LogP contribution in [0.15, 0.2) is 72.9 Å². The van der Waals surface area contributed by atoms with Crippen molar-refractivity contribution in [3.63, 3.8) is 0 Å². The summed E-state index contributed by atoms with van der Waals surface area (Å²) < 4.78 is 16.9. The van der Waals surface area contributed by atoms with E-state index in [1.807, 2.05) is 37.3 Å². The zero-order chi connectivity index (χ0) is 64.7. The van der Waals surface area contributed by atoms with Crippen LogP contribution in [0.4, 0.5) is 0 Å². The van der Waals surface area contributed by atoms with Crippen molar-refractivity contribution >= 4 is 52.6 Å². The molecule has 0 aromatic rings. The minimum absolute atomic E-state index is 0.0353. The monoisotopic (exact) mass is 1210 g/mol. The molecule has 0 aromatic carbocycles. The summed E-state index contributed by atoms with van der Waals surface area (Å²) in [6.07, 6.45) is 54.6. The Morgan fingerprint density at radius 1 is 0.345 bits per heavy atom. The molecule has 87 heavy (non-hydrogen) atoms. The average Bonchev–Trinajstić information content (AvgIpc) is 3.52. The van der Waals surface area contributed by atoms with E-state index in [0.29, 0.717) is 19.3 Å². The van der Waals surface area contributed by atoms with Gasteiger partial charge in [0.05, 0.1) is 0 Å². The first-order valence-corrected chi connectivity index (χ1v) is 34.3. The van der Waals surface area contributed by atoms with E-state index in [1.54, 1.807) is 34.6 Å². The quantitative estimate of drug-likeness (QED) is 0.0185. The molecule has 12 nitrogen and oxygen atoms in total. The molecule has 7 atom stereocenters. The number of allylic oxidation sites excluding steroid dienone is 12. The highest BCUT2D eigenvalue weighted by Crippen LogP contribution is 2.28. The molecule has 0 amide bonds. The molecule has 0 N–H and O–H groups in total. The highest BCUT2D eigenvalue weighted by atomic mass is 16.6. The largest absolute Gasteiger partial charge is 0.462 e. The third kappa shape index (κ3) is 48.5. The predicted octanol–water partition coefficient (Wildman–Crippen LogP) is 18.7. The van der Waals surface area contributed by atoms with Gasteiger partial charge in [0.2, 0.25) is 0 Å². The molecular formula is C75H122O12. The molecule has 494 valence electrons. The van der Waals surface area contributed by atoms with E-state index in [9.17, 15) is 43.2 Å². The second kappa shape index (κ2) is 56.1. The van der Waals surface area contributed by atoms with E-state index < -0.39 is 12.1 Å². The summed E-state index contributed by atoms with van der Waals surface area (Å²) in [5.41, 5.74) is 0. The number of hydrogen-bond acceptors (Lipinski definition) is 12. The number of unbranched alkanes of at least 4 members (excludes halogenated alkanes) is 21. The average molecular weight is 1220 g/mol. The van der Waals surface area contributed by atoms with Gasteiger partial charge in [-0.05, 0) is 143 Å². The van der Waals surface area contributed by atoms with Crippen LogP contribution in [0.2, 0.25) is 0 Å². The Balaban J connectivity index is 5.17. The van der Waals surface area contributed by atoms with Crippen LogP contribution in [0.3, 0.4) is 0 Å². The van der Waals surface area contributed by atoms with E-state index in [0.717, 1.165) is 148 Å². The third-order valence-corrected chi connectivity index (χ3v) is 16.3. The van der Waals surface area contributed by atoms with Gasteiger partial charge in [-0.15, -0.1) is 0 Å². The van der Waals surface area contributed by atoms with Gasteiger partial charge in [0.25, 0.3) is 0 Å². The van der Waals surface area contributed by atoms with Crippen LogP contribution < -0.4 is 0 Å². The number of rotatable bonds is 59. The van der Waals surface area contributed by atoms with Crippen molar-refractivity contribution in [2.45, 2.75) is 300 Å². The summed E-state index contributed by atoms with van der Waals surface area (Å²) in [4.78, 5) is 111. The zero-order valence-corrected chi connectivity index (χ0v) is 56.2. The summed E-state index contributed by atoms with van der Waals surface area (Å²) in [5.74, 6) is -1.54. The standard InChI is InChI=1S/C75H122O12/c1-10-13-15-16-32-41-50-68(72(65(9)81)57-62(6)78)51-43-35-30-31-38-46-54-75(84)87-69(58-85-73(82)52-44-36-28-24-20-18-17-19-22-26-33-40-47-66(12-3)70(63(7)79)55-60(4)76)59-86-74(83)53-45-37-29-25-21-23-27-34-42-49-67(48-39-14-11-2)71(64(8)80)56-61(5)77/h17,19,26-27,33-34,40,42-43,47,49,51,66-72H,10-16,18,20-25,28-32,35-39,41,44-46,48,50,52-59H2,1-9H3/b19-17-,33-26-,34-27-,47-40+,49-42+,51-43+. The van der Waals surface area contributed by atoms with Crippen LogP contribution in [0.1, 0.15) is 293 Å². The van der Waals surface area contributed by atoms with E-state index in [-0.39, 0.29) is 134 Å². The van der Waals surface area contributed by atoms with Gasteiger partial charge in [-0.1, -0.05) is 203 Å². The number of Topliss-reactive ketones (excluding diaryl/α,β-unsaturated/α-hetero) is 6. The molecule has 0 spiro atoms. The molecule has 0 aliphatic heterocycles. The summed E-state index contributed by atoms with van der Waals surface area (Å²) in [5, 5.41) is 0. The normalized spacial score (nSPS) is 14.4. The maximum atomic E-state index is 13.1. The number of carbonyl (C=O) groups is 9. The molecule has 0 aromatic heterocycles. The van der Waals surface area contributed by atoms with Gasteiger partial charge in [0, 0.05) is 56.3 Å². The first kappa shape index (κ1) is 81.9. The van der Waals surface area contributed by atoms with Crippen molar-refractivity contribution in [3.8, 4) is 0 Å². The fraction of sp³-hybridized carbons (Fsp3) is 0.720. The van der Waals surface area contributed by atoms with Gasteiger partial charge in [-0.25, -0.2) is 0 Å². The molecule has 0 heterocycles. The summed E-state index contributed by atoms with van der Waals surface area (Å²) in [7, 11) is 0. The number of carbonyl (C=O) groups excluding carboxylic acids is 9. The molecular weight excluding hydrogens is 1090 g/mol. The number of esters is 3. The summed E-state index contributed by atoms with van der Waals surface area (Å²) >= 11 is 0. The Morgan fingerprint density at radius 2 is 0.713 bits per heavy atom. The van der Waals surface area contributed by atoms with Crippen LogP contribution in [0, 0.1) is 35.5 Å². The van der Waals surface area contributed by atoms with Gasteiger partial charge in [-0.3, -0.25) is 28.8 Å². The van der Waals surface area contributed by atoms with Crippen LogP contribution in [-0.2, 0) is 57.4 Å². The molecule has 0 bridgehead atoms. The highest BCUT2D eigenvalue weighted by Gasteiger charge is 2.27.